The van der Waals surface area contributed by atoms with Gasteiger partial charge in [0.15, 0.2) is 0 Å². The minimum atomic E-state index is -0.104. The average molecular weight is 346 g/mol. The van der Waals surface area contributed by atoms with E-state index in [1.165, 1.54) is 6.42 Å². The van der Waals surface area contributed by atoms with Crippen molar-refractivity contribution in [2.75, 3.05) is 6.54 Å². The van der Waals surface area contributed by atoms with Crippen LogP contribution in [0.5, 0.6) is 0 Å². The van der Waals surface area contributed by atoms with Crippen LogP contribution in [0.25, 0.3) is 0 Å². The molecule has 0 aromatic carbocycles. The second kappa shape index (κ2) is 10.1. The Labute approximate surface area is 145 Å². The van der Waals surface area contributed by atoms with Crippen molar-refractivity contribution in [3.63, 3.8) is 0 Å². The first-order valence-electron chi connectivity index (χ1n) is 8.90. The maximum absolute atomic E-state index is 12.2. The Morgan fingerprint density at radius 3 is 2.35 bits per heavy atom. The first-order chi connectivity index (χ1) is 10.6. The molecule has 23 heavy (non-hydrogen) atoms. The lowest BCUT2D eigenvalue weighted by Gasteiger charge is -2.31. The van der Waals surface area contributed by atoms with E-state index in [1.54, 1.807) is 0 Å². The zero-order chi connectivity index (χ0) is 15.9. The van der Waals surface area contributed by atoms with Gasteiger partial charge in [-0.25, -0.2) is 0 Å². The summed E-state index contributed by atoms with van der Waals surface area (Å²) in [5.74, 6) is 0.714. The van der Waals surface area contributed by atoms with Crippen molar-refractivity contribution in [1.82, 2.24) is 10.6 Å². The van der Waals surface area contributed by atoms with Crippen LogP contribution in [0.1, 0.15) is 64.7 Å². The zero-order valence-electron chi connectivity index (χ0n) is 14.2. The third-order valence-corrected chi connectivity index (χ3v) is 5.16. The van der Waals surface area contributed by atoms with Gasteiger partial charge in [-0.1, -0.05) is 25.7 Å². The molecule has 2 fully saturated rings. The first-order valence-corrected chi connectivity index (χ1v) is 8.90. The van der Waals surface area contributed by atoms with E-state index in [-0.39, 0.29) is 42.2 Å². The largest absolute Gasteiger partial charge is 0.353 e. The molecule has 0 aromatic rings. The molecular formula is C17H32ClN3O2. The second-order valence-corrected chi connectivity index (χ2v) is 7.05. The summed E-state index contributed by atoms with van der Waals surface area (Å²) < 4.78 is 0. The van der Waals surface area contributed by atoms with Crippen LogP contribution in [-0.2, 0) is 9.59 Å². The van der Waals surface area contributed by atoms with E-state index in [0.717, 1.165) is 44.9 Å². The monoisotopic (exact) mass is 345 g/mol. The lowest BCUT2D eigenvalue weighted by Crippen LogP contribution is -2.47. The number of hydrogen-bond donors (Lipinski definition) is 3. The van der Waals surface area contributed by atoms with E-state index in [4.69, 9.17) is 5.73 Å². The van der Waals surface area contributed by atoms with E-state index in [2.05, 4.69) is 10.6 Å². The fraction of sp³-hybridized carbons (Fsp3) is 0.882. The number of halogens is 1. The number of hydrogen-bond acceptors (Lipinski definition) is 3. The van der Waals surface area contributed by atoms with Crippen LogP contribution in [0.4, 0.5) is 0 Å². The average Bonchev–Trinajstić information content (AvgIpc) is 3.01. The van der Waals surface area contributed by atoms with E-state index in [0.29, 0.717) is 18.9 Å². The van der Waals surface area contributed by atoms with E-state index in [9.17, 15) is 9.59 Å². The van der Waals surface area contributed by atoms with Crippen molar-refractivity contribution in [3.05, 3.63) is 0 Å². The Balaban J connectivity index is 0.00000264. The molecule has 4 N–H and O–H groups in total. The van der Waals surface area contributed by atoms with Crippen molar-refractivity contribution in [3.8, 4) is 0 Å². The maximum atomic E-state index is 12.2. The number of amides is 2. The second-order valence-electron chi connectivity index (χ2n) is 7.05. The van der Waals surface area contributed by atoms with Crippen molar-refractivity contribution in [2.24, 2.45) is 17.6 Å². The van der Waals surface area contributed by atoms with Gasteiger partial charge in [-0.3, -0.25) is 9.59 Å². The summed E-state index contributed by atoms with van der Waals surface area (Å²) in [6.45, 7) is 2.55. The fourth-order valence-corrected chi connectivity index (χ4v) is 3.82. The molecule has 0 heterocycles. The zero-order valence-corrected chi connectivity index (χ0v) is 15.0. The van der Waals surface area contributed by atoms with Crippen LogP contribution in [-0.4, -0.2) is 30.4 Å². The number of nitrogens with one attached hydrogen (secondary N) is 2. The lowest BCUT2D eigenvalue weighted by molar-refractivity contribution is -0.126. The van der Waals surface area contributed by atoms with Gasteiger partial charge in [0.2, 0.25) is 11.8 Å². The summed E-state index contributed by atoms with van der Waals surface area (Å²) in [4.78, 5) is 24.2. The predicted octanol–water partition coefficient (Wildman–Crippen LogP) is 2.13. The van der Waals surface area contributed by atoms with Gasteiger partial charge in [-0.15, -0.1) is 12.4 Å². The summed E-state index contributed by atoms with van der Waals surface area (Å²) in [6.07, 6.45) is 9.13. The summed E-state index contributed by atoms with van der Waals surface area (Å²) in [5, 5.41) is 6.11. The molecule has 134 valence electrons. The minimum absolute atomic E-state index is 0. The molecule has 2 aliphatic carbocycles. The van der Waals surface area contributed by atoms with Gasteiger partial charge in [0.05, 0.1) is 0 Å². The van der Waals surface area contributed by atoms with Crippen molar-refractivity contribution < 1.29 is 9.59 Å². The Morgan fingerprint density at radius 1 is 1.09 bits per heavy atom. The van der Waals surface area contributed by atoms with Gasteiger partial charge in [-0.05, 0) is 45.1 Å². The Morgan fingerprint density at radius 2 is 1.70 bits per heavy atom. The van der Waals surface area contributed by atoms with Crippen LogP contribution >= 0.6 is 12.4 Å². The highest BCUT2D eigenvalue weighted by Gasteiger charge is 2.27. The molecule has 3 unspecified atom stereocenters. The van der Waals surface area contributed by atoms with Crippen LogP contribution in [0.3, 0.4) is 0 Å². The molecule has 0 bridgehead atoms. The van der Waals surface area contributed by atoms with E-state index >= 15 is 0 Å². The molecule has 3 atom stereocenters. The molecule has 2 saturated carbocycles. The molecule has 0 aromatic heterocycles. The third-order valence-electron chi connectivity index (χ3n) is 5.16. The van der Waals surface area contributed by atoms with Crippen molar-refractivity contribution in [1.29, 1.82) is 0 Å². The lowest BCUT2D eigenvalue weighted by atomic mass is 9.84. The normalized spacial score (nSPS) is 26.2. The highest BCUT2D eigenvalue weighted by atomic mass is 35.5. The van der Waals surface area contributed by atoms with Gasteiger partial charge in [-0.2, -0.15) is 0 Å². The molecule has 2 rings (SSSR count). The molecule has 2 amide bonds. The van der Waals surface area contributed by atoms with Gasteiger partial charge >= 0.3 is 0 Å². The quantitative estimate of drug-likeness (QED) is 0.689. The number of carbonyl (C=O) groups excluding carboxylic acids is 2. The van der Waals surface area contributed by atoms with Crippen molar-refractivity contribution >= 4 is 24.2 Å². The smallest absolute Gasteiger partial charge is 0.223 e. The molecule has 0 radical (unpaired) electrons. The molecule has 2 aliphatic rings. The maximum Gasteiger partial charge on any atom is 0.223 e. The summed E-state index contributed by atoms with van der Waals surface area (Å²) in [7, 11) is 0. The fourth-order valence-electron chi connectivity index (χ4n) is 3.82. The molecule has 6 heteroatoms. The topological polar surface area (TPSA) is 84.2 Å². The van der Waals surface area contributed by atoms with Crippen LogP contribution < -0.4 is 16.4 Å². The summed E-state index contributed by atoms with van der Waals surface area (Å²) in [6, 6.07) is 0.108. The van der Waals surface area contributed by atoms with Gasteiger partial charge < -0.3 is 16.4 Å². The number of rotatable bonds is 6. The predicted molar refractivity (Wildman–Crippen MR) is 94.4 cm³/mol. The molecule has 0 aliphatic heterocycles. The SMILES string of the molecule is CC(CC(=O)NC1CCCCC1CN)NC(=O)C1CCCC1.Cl. The Hall–Kier alpha value is -0.810. The first kappa shape index (κ1) is 20.2. The number of carbonyl (C=O) groups is 2. The van der Waals surface area contributed by atoms with Crippen molar-refractivity contribution in [2.45, 2.75) is 76.8 Å². The van der Waals surface area contributed by atoms with E-state index in [1.807, 2.05) is 6.92 Å². The van der Waals surface area contributed by atoms with Crippen LogP contribution in [0.2, 0.25) is 0 Å². The number of nitrogens with two attached hydrogens (primary N) is 1. The van der Waals surface area contributed by atoms with E-state index < -0.39 is 0 Å². The summed E-state index contributed by atoms with van der Waals surface area (Å²) >= 11 is 0. The van der Waals surface area contributed by atoms with Gasteiger partial charge in [0, 0.05) is 24.4 Å². The third kappa shape index (κ3) is 6.30. The molecule has 0 spiro atoms. The standard InChI is InChI=1S/C17H31N3O2.ClH/c1-12(19-17(22)13-6-2-3-7-13)10-16(21)20-15-9-5-4-8-14(15)11-18;/h12-15H,2-11,18H2,1H3,(H,19,22)(H,20,21);1H. The molecule has 0 saturated heterocycles. The molecular weight excluding hydrogens is 314 g/mol. The Bertz CT molecular complexity index is 386. The molecule has 5 nitrogen and oxygen atoms in total. The van der Waals surface area contributed by atoms with Crippen LogP contribution in [0, 0.1) is 11.8 Å². The minimum Gasteiger partial charge on any atom is -0.353 e. The Kier molecular flexibility index (Phi) is 8.92. The highest BCUT2D eigenvalue weighted by Crippen LogP contribution is 2.25. The summed E-state index contributed by atoms with van der Waals surface area (Å²) in [5.41, 5.74) is 5.80. The van der Waals surface area contributed by atoms with Gasteiger partial charge in [0.25, 0.3) is 0 Å². The van der Waals surface area contributed by atoms with Crippen LogP contribution in [0.15, 0.2) is 0 Å². The highest BCUT2D eigenvalue weighted by molar-refractivity contribution is 5.85. The van der Waals surface area contributed by atoms with Gasteiger partial charge in [0.1, 0.15) is 0 Å².